The largest absolute Gasteiger partial charge is 0.495 e. The highest BCUT2D eigenvalue weighted by atomic mass is 79.9. The van der Waals surface area contributed by atoms with Crippen molar-refractivity contribution < 1.29 is 4.74 Å². The Bertz CT molecular complexity index is 747. The van der Waals surface area contributed by atoms with Gasteiger partial charge in [0.05, 0.1) is 19.2 Å². The summed E-state index contributed by atoms with van der Waals surface area (Å²) in [6.45, 7) is 2.12. The summed E-state index contributed by atoms with van der Waals surface area (Å²) in [4.78, 5) is 16.2. The Morgan fingerprint density at radius 3 is 2.90 bits per heavy atom. The van der Waals surface area contributed by atoms with Crippen LogP contribution < -0.4 is 10.3 Å². The number of nitrogens with zero attached hydrogens (tertiary/aromatic N) is 3. The highest BCUT2D eigenvalue weighted by Gasteiger charge is 2.08. The van der Waals surface area contributed by atoms with Crippen LogP contribution in [0.15, 0.2) is 33.7 Å². The van der Waals surface area contributed by atoms with Crippen LogP contribution in [0.25, 0.3) is 0 Å². The lowest BCUT2D eigenvalue weighted by Gasteiger charge is -2.10. The fourth-order valence-corrected chi connectivity index (χ4v) is 2.18. The third kappa shape index (κ3) is 2.73. The summed E-state index contributed by atoms with van der Waals surface area (Å²) in [5.41, 5.74) is 1.14. The number of halogens is 1. The molecule has 0 fully saturated rings. The predicted octanol–water partition coefficient (Wildman–Crippen LogP) is 2.24. The van der Waals surface area contributed by atoms with Gasteiger partial charge in [0.2, 0.25) is 0 Å². The molecule has 2 aromatic rings. The van der Waals surface area contributed by atoms with Crippen LogP contribution in [0.1, 0.15) is 17.0 Å². The molecule has 1 aromatic heterocycles. The molecule has 1 aromatic carbocycles. The molecule has 0 atom stereocenters. The molecule has 2 rings (SSSR count). The summed E-state index contributed by atoms with van der Waals surface area (Å²) >= 11 is 3.18. The van der Waals surface area contributed by atoms with Crippen molar-refractivity contribution in [2.75, 3.05) is 7.11 Å². The number of benzene rings is 1. The molecule has 0 aliphatic heterocycles. The first-order chi connectivity index (χ1) is 9.56. The predicted molar refractivity (Wildman–Crippen MR) is 77.7 cm³/mol. The van der Waals surface area contributed by atoms with E-state index in [2.05, 4.69) is 27.0 Å². The van der Waals surface area contributed by atoms with Crippen molar-refractivity contribution >= 4 is 15.9 Å². The second kappa shape index (κ2) is 5.88. The molecule has 0 amide bonds. The van der Waals surface area contributed by atoms with Crippen LogP contribution in [0.5, 0.6) is 5.75 Å². The Labute approximate surface area is 124 Å². The van der Waals surface area contributed by atoms with E-state index in [4.69, 9.17) is 10.00 Å². The van der Waals surface area contributed by atoms with E-state index in [1.165, 1.54) is 13.3 Å². The van der Waals surface area contributed by atoms with E-state index >= 15 is 0 Å². The van der Waals surface area contributed by atoms with Gasteiger partial charge in [0.25, 0.3) is 5.56 Å². The zero-order chi connectivity index (χ0) is 14.7. The van der Waals surface area contributed by atoms with Gasteiger partial charge in [-0.05, 0) is 40.5 Å². The normalized spacial score (nSPS) is 10.1. The van der Waals surface area contributed by atoms with Gasteiger partial charge >= 0.3 is 0 Å². The van der Waals surface area contributed by atoms with Gasteiger partial charge in [-0.2, -0.15) is 5.26 Å². The summed E-state index contributed by atoms with van der Waals surface area (Å²) in [7, 11) is 1.52. The number of nitriles is 1. The third-order valence-corrected chi connectivity index (χ3v) is 3.47. The fraction of sp³-hybridized carbons (Fsp3) is 0.214. The maximum Gasteiger partial charge on any atom is 0.268 e. The van der Waals surface area contributed by atoms with E-state index in [1.54, 1.807) is 23.6 Å². The average Bonchev–Trinajstić information content (AvgIpc) is 2.47. The number of aryl methyl sites for hydroxylation is 1. The summed E-state index contributed by atoms with van der Waals surface area (Å²) in [5.74, 6) is 1.14. The Balaban J connectivity index is 2.44. The number of aromatic nitrogens is 2. The highest BCUT2D eigenvalue weighted by Crippen LogP contribution is 2.19. The topological polar surface area (TPSA) is 67.9 Å². The minimum atomic E-state index is -0.146. The minimum absolute atomic E-state index is 0.146. The highest BCUT2D eigenvalue weighted by molar-refractivity contribution is 9.10. The van der Waals surface area contributed by atoms with Crippen LogP contribution in [-0.2, 0) is 6.54 Å². The molecule has 20 heavy (non-hydrogen) atoms. The van der Waals surface area contributed by atoms with Gasteiger partial charge in [0.15, 0.2) is 0 Å². The maximum absolute atomic E-state index is 12.1. The van der Waals surface area contributed by atoms with Crippen molar-refractivity contribution in [2.45, 2.75) is 13.5 Å². The standard InChI is InChI=1S/C14H12BrN3O2/c1-9-17-7-12(15)14(19)18(9)8-10-3-4-13(20-2)11(5-10)6-16/h3-5,7H,8H2,1-2H3. The SMILES string of the molecule is COc1ccc(Cn2c(C)ncc(Br)c2=O)cc1C#N. The lowest BCUT2D eigenvalue weighted by atomic mass is 10.1. The van der Waals surface area contributed by atoms with Crippen LogP contribution in [0.2, 0.25) is 0 Å². The molecule has 0 saturated heterocycles. The molecule has 0 bridgehead atoms. The van der Waals surface area contributed by atoms with E-state index in [9.17, 15) is 4.79 Å². The first-order valence-electron chi connectivity index (χ1n) is 5.85. The van der Waals surface area contributed by atoms with Crippen molar-refractivity contribution in [1.29, 1.82) is 5.26 Å². The molecule has 0 radical (unpaired) electrons. The van der Waals surface area contributed by atoms with Crippen LogP contribution in [0.4, 0.5) is 0 Å². The Morgan fingerprint density at radius 1 is 1.50 bits per heavy atom. The molecule has 5 nitrogen and oxygen atoms in total. The molecule has 0 N–H and O–H groups in total. The van der Waals surface area contributed by atoms with Crippen LogP contribution in [-0.4, -0.2) is 16.7 Å². The minimum Gasteiger partial charge on any atom is -0.495 e. The van der Waals surface area contributed by atoms with Crippen molar-refractivity contribution in [3.63, 3.8) is 0 Å². The van der Waals surface area contributed by atoms with Crippen molar-refractivity contribution in [2.24, 2.45) is 0 Å². The van der Waals surface area contributed by atoms with E-state index in [0.717, 1.165) is 5.56 Å². The van der Waals surface area contributed by atoms with Gasteiger partial charge in [-0.25, -0.2) is 4.98 Å². The van der Waals surface area contributed by atoms with Crippen molar-refractivity contribution in [3.8, 4) is 11.8 Å². The monoisotopic (exact) mass is 333 g/mol. The van der Waals surface area contributed by atoms with Gasteiger partial charge in [0.1, 0.15) is 22.1 Å². The van der Waals surface area contributed by atoms with Crippen LogP contribution in [0, 0.1) is 18.3 Å². The third-order valence-electron chi connectivity index (χ3n) is 2.93. The number of hydrogen-bond donors (Lipinski definition) is 0. The molecule has 0 spiro atoms. The second-order valence-corrected chi connectivity index (χ2v) is 5.05. The lowest BCUT2D eigenvalue weighted by Crippen LogP contribution is -2.24. The molecule has 0 saturated carbocycles. The first-order valence-corrected chi connectivity index (χ1v) is 6.65. The van der Waals surface area contributed by atoms with Gasteiger partial charge in [-0.3, -0.25) is 9.36 Å². The smallest absolute Gasteiger partial charge is 0.268 e. The Hall–Kier alpha value is -2.13. The van der Waals surface area contributed by atoms with E-state index in [0.29, 0.717) is 28.2 Å². The second-order valence-electron chi connectivity index (χ2n) is 4.19. The average molecular weight is 334 g/mol. The summed E-state index contributed by atoms with van der Waals surface area (Å²) in [6, 6.07) is 7.34. The van der Waals surface area contributed by atoms with Crippen molar-refractivity contribution in [1.82, 2.24) is 9.55 Å². The van der Waals surface area contributed by atoms with E-state index < -0.39 is 0 Å². The summed E-state index contributed by atoms with van der Waals surface area (Å²) in [6.07, 6.45) is 1.49. The molecule has 102 valence electrons. The Kier molecular flexibility index (Phi) is 4.20. The molecule has 0 unspecified atom stereocenters. The molecule has 0 aliphatic carbocycles. The number of methoxy groups -OCH3 is 1. The van der Waals surface area contributed by atoms with Gasteiger partial charge in [0, 0.05) is 6.20 Å². The van der Waals surface area contributed by atoms with Gasteiger partial charge < -0.3 is 4.74 Å². The molecule has 0 aliphatic rings. The zero-order valence-corrected chi connectivity index (χ0v) is 12.6. The summed E-state index contributed by atoms with van der Waals surface area (Å²) < 4.78 is 7.06. The maximum atomic E-state index is 12.1. The van der Waals surface area contributed by atoms with E-state index in [-0.39, 0.29) is 5.56 Å². The van der Waals surface area contributed by atoms with Gasteiger partial charge in [-0.1, -0.05) is 6.07 Å². The van der Waals surface area contributed by atoms with Gasteiger partial charge in [-0.15, -0.1) is 0 Å². The molecular weight excluding hydrogens is 322 g/mol. The van der Waals surface area contributed by atoms with Crippen molar-refractivity contribution in [3.05, 3.63) is 56.2 Å². The van der Waals surface area contributed by atoms with Crippen LogP contribution >= 0.6 is 15.9 Å². The fourth-order valence-electron chi connectivity index (χ4n) is 1.86. The number of rotatable bonds is 3. The number of hydrogen-bond acceptors (Lipinski definition) is 4. The van der Waals surface area contributed by atoms with Crippen LogP contribution in [0.3, 0.4) is 0 Å². The Morgan fingerprint density at radius 2 is 2.25 bits per heavy atom. The number of ether oxygens (including phenoxy) is 1. The molecular formula is C14H12BrN3O2. The lowest BCUT2D eigenvalue weighted by molar-refractivity contribution is 0.413. The molecule has 1 heterocycles. The zero-order valence-electron chi connectivity index (χ0n) is 11.1. The summed E-state index contributed by atoms with van der Waals surface area (Å²) in [5, 5.41) is 9.07. The van der Waals surface area contributed by atoms with E-state index in [1.807, 2.05) is 6.07 Å². The molecule has 6 heteroatoms. The quantitative estimate of drug-likeness (QED) is 0.863. The first kappa shape index (κ1) is 14.3.